The number of benzene rings is 1. The van der Waals surface area contributed by atoms with Crippen LogP contribution in [-0.2, 0) is 4.79 Å². The maximum absolute atomic E-state index is 12.2. The normalized spacial score (nSPS) is 11.9. The lowest BCUT2D eigenvalue weighted by molar-refractivity contribution is -0.137. The molecule has 116 valence electrons. The third-order valence-corrected chi connectivity index (χ3v) is 4.63. The van der Waals surface area contributed by atoms with Crippen molar-refractivity contribution in [3.8, 4) is 0 Å². The number of carboxylic acid groups (broad SMARTS) is 1. The molecule has 0 fully saturated rings. The molecular formula is C14H15N3O3S2. The molecule has 1 heterocycles. The second kappa shape index (κ2) is 7.37. The average molecular weight is 337 g/mol. The first-order valence-corrected chi connectivity index (χ1v) is 8.46. The number of nitrogens with one attached hydrogen (secondary N) is 1. The molecule has 2 aromatic rings. The van der Waals surface area contributed by atoms with Gasteiger partial charge < -0.3 is 10.4 Å². The van der Waals surface area contributed by atoms with Gasteiger partial charge in [-0.25, -0.2) is 0 Å². The second-order valence-corrected chi connectivity index (χ2v) is 6.22. The van der Waals surface area contributed by atoms with Gasteiger partial charge in [-0.2, -0.15) is 0 Å². The van der Waals surface area contributed by atoms with E-state index in [0.29, 0.717) is 10.6 Å². The fourth-order valence-corrected chi connectivity index (χ4v) is 2.89. The van der Waals surface area contributed by atoms with Crippen molar-refractivity contribution in [2.24, 2.45) is 0 Å². The number of hydrogen-bond acceptors (Lipinski definition) is 6. The van der Waals surface area contributed by atoms with E-state index in [1.165, 1.54) is 0 Å². The molecule has 1 aromatic carbocycles. The molecular weight excluding hydrogens is 322 g/mol. The molecule has 0 bridgehead atoms. The van der Waals surface area contributed by atoms with Gasteiger partial charge in [0, 0.05) is 4.90 Å². The van der Waals surface area contributed by atoms with Gasteiger partial charge in [-0.1, -0.05) is 16.6 Å². The van der Waals surface area contributed by atoms with Crippen LogP contribution in [0.4, 0.5) is 0 Å². The van der Waals surface area contributed by atoms with Crippen LogP contribution in [0.15, 0.2) is 29.2 Å². The Morgan fingerprint density at radius 1 is 1.36 bits per heavy atom. The van der Waals surface area contributed by atoms with Crippen molar-refractivity contribution in [1.82, 2.24) is 14.9 Å². The van der Waals surface area contributed by atoms with Crippen LogP contribution in [0.3, 0.4) is 0 Å². The van der Waals surface area contributed by atoms with Crippen molar-refractivity contribution < 1.29 is 14.7 Å². The van der Waals surface area contributed by atoms with Crippen molar-refractivity contribution >= 4 is 35.2 Å². The molecule has 0 saturated carbocycles. The minimum absolute atomic E-state index is 0.185. The van der Waals surface area contributed by atoms with Gasteiger partial charge in [-0.3, -0.25) is 9.59 Å². The van der Waals surface area contributed by atoms with Gasteiger partial charge in [0.15, 0.2) is 0 Å². The predicted octanol–water partition coefficient (Wildman–Crippen LogP) is 2.51. The van der Waals surface area contributed by atoms with Gasteiger partial charge in [0.1, 0.15) is 4.88 Å². The lowest BCUT2D eigenvalue weighted by atomic mass is 10.0. The molecule has 1 aromatic heterocycles. The zero-order chi connectivity index (χ0) is 16.1. The summed E-state index contributed by atoms with van der Waals surface area (Å²) >= 11 is 2.59. The Labute approximate surface area is 136 Å². The molecule has 2 N–H and O–H groups in total. The Kier molecular flexibility index (Phi) is 5.51. The quantitative estimate of drug-likeness (QED) is 0.787. The second-order valence-electron chi connectivity index (χ2n) is 4.58. The number of carboxylic acids is 1. The number of aryl methyl sites for hydroxylation is 1. The Balaban J connectivity index is 2.20. The molecule has 0 aliphatic heterocycles. The number of carbonyl (C=O) groups is 2. The van der Waals surface area contributed by atoms with E-state index >= 15 is 0 Å². The lowest BCUT2D eigenvalue weighted by Gasteiger charge is -2.17. The summed E-state index contributed by atoms with van der Waals surface area (Å²) < 4.78 is 3.72. The van der Waals surface area contributed by atoms with E-state index in [4.69, 9.17) is 5.11 Å². The third-order valence-electron chi connectivity index (χ3n) is 3.06. The van der Waals surface area contributed by atoms with Crippen LogP contribution in [0.25, 0.3) is 0 Å². The minimum atomic E-state index is -0.974. The van der Waals surface area contributed by atoms with Crippen LogP contribution in [0.5, 0.6) is 0 Å². The van der Waals surface area contributed by atoms with Crippen LogP contribution in [0.1, 0.15) is 33.4 Å². The van der Waals surface area contributed by atoms with E-state index in [0.717, 1.165) is 22.0 Å². The van der Waals surface area contributed by atoms with Crippen LogP contribution in [-0.4, -0.2) is 32.8 Å². The number of nitrogens with zero attached hydrogens (tertiary/aromatic N) is 2. The highest BCUT2D eigenvalue weighted by Gasteiger charge is 2.21. The van der Waals surface area contributed by atoms with Crippen molar-refractivity contribution in [3.63, 3.8) is 0 Å². The van der Waals surface area contributed by atoms with E-state index in [-0.39, 0.29) is 12.3 Å². The van der Waals surface area contributed by atoms with E-state index in [9.17, 15) is 9.59 Å². The summed E-state index contributed by atoms with van der Waals surface area (Å²) in [4.78, 5) is 24.8. The summed E-state index contributed by atoms with van der Waals surface area (Å²) in [6, 6.07) is 6.87. The average Bonchev–Trinajstić information content (AvgIpc) is 2.92. The van der Waals surface area contributed by atoms with Gasteiger partial charge in [0.25, 0.3) is 5.91 Å². The summed E-state index contributed by atoms with van der Waals surface area (Å²) in [5, 5.41) is 15.6. The molecule has 0 aliphatic carbocycles. The highest BCUT2D eigenvalue weighted by atomic mass is 32.2. The van der Waals surface area contributed by atoms with Gasteiger partial charge >= 0.3 is 5.97 Å². The topological polar surface area (TPSA) is 92.2 Å². The summed E-state index contributed by atoms with van der Waals surface area (Å²) in [7, 11) is 0. The predicted molar refractivity (Wildman–Crippen MR) is 85.3 cm³/mol. The molecule has 1 unspecified atom stereocenters. The maximum Gasteiger partial charge on any atom is 0.305 e. The number of amides is 1. The van der Waals surface area contributed by atoms with Crippen LogP contribution in [0, 0.1) is 6.92 Å². The summed E-state index contributed by atoms with van der Waals surface area (Å²) in [6.45, 7) is 1.69. The van der Waals surface area contributed by atoms with Crippen molar-refractivity contribution in [2.75, 3.05) is 6.26 Å². The first-order valence-electron chi connectivity index (χ1n) is 6.47. The fraction of sp³-hybridized carbons (Fsp3) is 0.286. The fourth-order valence-electron chi connectivity index (χ4n) is 1.93. The number of rotatable bonds is 6. The smallest absolute Gasteiger partial charge is 0.305 e. The zero-order valence-corrected chi connectivity index (χ0v) is 13.7. The van der Waals surface area contributed by atoms with Crippen molar-refractivity contribution in [2.45, 2.75) is 24.3 Å². The molecule has 1 amide bonds. The van der Waals surface area contributed by atoms with Crippen LogP contribution < -0.4 is 5.32 Å². The number of thioether (sulfide) groups is 1. The third kappa shape index (κ3) is 4.05. The van der Waals surface area contributed by atoms with Gasteiger partial charge in [-0.05, 0) is 42.4 Å². The highest BCUT2D eigenvalue weighted by Crippen LogP contribution is 2.22. The molecule has 1 atom stereocenters. The summed E-state index contributed by atoms with van der Waals surface area (Å²) in [5.74, 6) is -1.33. The van der Waals surface area contributed by atoms with E-state index in [1.54, 1.807) is 18.7 Å². The van der Waals surface area contributed by atoms with Crippen molar-refractivity contribution in [3.05, 3.63) is 40.4 Å². The molecule has 2 rings (SSSR count). The summed E-state index contributed by atoms with van der Waals surface area (Å²) in [6.07, 6.45) is 1.78. The highest BCUT2D eigenvalue weighted by molar-refractivity contribution is 7.98. The first kappa shape index (κ1) is 16.4. The Morgan fingerprint density at radius 3 is 2.55 bits per heavy atom. The number of aromatic nitrogens is 2. The van der Waals surface area contributed by atoms with E-state index in [1.807, 2.05) is 30.5 Å². The van der Waals surface area contributed by atoms with E-state index in [2.05, 4.69) is 14.9 Å². The zero-order valence-electron chi connectivity index (χ0n) is 12.1. The largest absolute Gasteiger partial charge is 0.481 e. The number of carbonyl (C=O) groups excluding carboxylic acids is 1. The van der Waals surface area contributed by atoms with Crippen LogP contribution in [0.2, 0.25) is 0 Å². The Hall–Kier alpha value is -1.93. The number of hydrogen-bond donors (Lipinski definition) is 2. The monoisotopic (exact) mass is 337 g/mol. The molecule has 0 spiro atoms. The molecule has 22 heavy (non-hydrogen) atoms. The first-order chi connectivity index (χ1) is 10.5. The van der Waals surface area contributed by atoms with Crippen LogP contribution >= 0.6 is 23.3 Å². The van der Waals surface area contributed by atoms with E-state index < -0.39 is 12.0 Å². The Morgan fingerprint density at radius 2 is 2.05 bits per heavy atom. The number of aliphatic carboxylic acids is 1. The Bertz CT molecular complexity index is 670. The molecule has 8 heteroatoms. The van der Waals surface area contributed by atoms with Gasteiger partial charge in [-0.15, -0.1) is 16.9 Å². The standard InChI is InChI=1S/C14H15N3O3S2/c1-8-13(22-17-16-8)14(20)15-11(7-12(18)19)9-3-5-10(21-2)6-4-9/h3-6,11H,7H2,1-2H3,(H,15,20)(H,18,19). The summed E-state index contributed by atoms with van der Waals surface area (Å²) in [5.41, 5.74) is 1.29. The van der Waals surface area contributed by atoms with Crippen molar-refractivity contribution in [1.29, 1.82) is 0 Å². The SMILES string of the molecule is CSc1ccc(C(CC(=O)O)NC(=O)c2snnc2C)cc1. The van der Waals surface area contributed by atoms with Gasteiger partial charge in [0.05, 0.1) is 18.2 Å². The van der Waals surface area contributed by atoms with Gasteiger partial charge in [0.2, 0.25) is 0 Å². The molecule has 0 aliphatic rings. The lowest BCUT2D eigenvalue weighted by Crippen LogP contribution is -2.30. The maximum atomic E-state index is 12.2. The molecule has 0 radical (unpaired) electrons. The minimum Gasteiger partial charge on any atom is -0.481 e. The molecule has 6 nitrogen and oxygen atoms in total. The molecule has 0 saturated heterocycles.